The summed E-state index contributed by atoms with van der Waals surface area (Å²) < 4.78 is 5.53. The van der Waals surface area contributed by atoms with Gasteiger partial charge < -0.3 is 9.73 Å². The maximum absolute atomic E-state index is 12.2. The van der Waals surface area contributed by atoms with Crippen molar-refractivity contribution in [3.63, 3.8) is 0 Å². The van der Waals surface area contributed by atoms with Crippen LogP contribution in [0.15, 0.2) is 33.5 Å². The Labute approximate surface area is 133 Å². The van der Waals surface area contributed by atoms with Crippen molar-refractivity contribution in [3.05, 3.63) is 45.3 Å². The van der Waals surface area contributed by atoms with Crippen LogP contribution in [0.2, 0.25) is 5.02 Å². The lowest BCUT2D eigenvalue weighted by molar-refractivity contribution is 0.0916. The summed E-state index contributed by atoms with van der Waals surface area (Å²) in [7, 11) is 0. The van der Waals surface area contributed by atoms with Crippen molar-refractivity contribution < 1.29 is 9.21 Å². The predicted octanol–water partition coefficient (Wildman–Crippen LogP) is 3.76. The minimum Gasteiger partial charge on any atom is -0.451 e. The molecule has 1 N–H and O–H groups in total. The largest absolute Gasteiger partial charge is 0.451 e. The summed E-state index contributed by atoms with van der Waals surface area (Å²) in [4.78, 5) is 24.2. The van der Waals surface area contributed by atoms with E-state index in [1.165, 1.54) is 25.3 Å². The standard InChI is InChI=1S/C17H18ClNO3/c18-12-6-7-13-14(20)9-16(22-15(13)8-12)17(21)19-10-11-4-2-1-3-5-11/h6-9,11H,1-5,10H2,(H,19,21). The van der Waals surface area contributed by atoms with E-state index in [0.29, 0.717) is 28.5 Å². The second-order valence-corrected chi connectivity index (χ2v) is 6.27. The molecule has 1 fully saturated rings. The normalized spacial score (nSPS) is 15.9. The molecule has 3 rings (SSSR count). The molecule has 4 nitrogen and oxygen atoms in total. The highest BCUT2D eigenvalue weighted by Crippen LogP contribution is 2.23. The van der Waals surface area contributed by atoms with E-state index in [-0.39, 0.29) is 17.1 Å². The van der Waals surface area contributed by atoms with E-state index in [4.69, 9.17) is 16.0 Å². The van der Waals surface area contributed by atoms with E-state index in [2.05, 4.69) is 5.32 Å². The van der Waals surface area contributed by atoms with Crippen molar-refractivity contribution in [2.45, 2.75) is 32.1 Å². The van der Waals surface area contributed by atoms with Gasteiger partial charge in [0.05, 0.1) is 5.39 Å². The molecule has 22 heavy (non-hydrogen) atoms. The Hall–Kier alpha value is -1.81. The smallest absolute Gasteiger partial charge is 0.287 e. The average molecular weight is 320 g/mol. The van der Waals surface area contributed by atoms with Gasteiger partial charge in [0.15, 0.2) is 11.2 Å². The Morgan fingerprint density at radius 3 is 2.77 bits per heavy atom. The minimum atomic E-state index is -0.343. The highest BCUT2D eigenvalue weighted by molar-refractivity contribution is 6.31. The Balaban J connectivity index is 1.77. The van der Waals surface area contributed by atoms with Gasteiger partial charge in [0.25, 0.3) is 5.91 Å². The summed E-state index contributed by atoms with van der Waals surface area (Å²) in [6, 6.07) is 6.03. The molecule has 2 aromatic rings. The number of fused-ring (bicyclic) bond motifs is 1. The first-order chi connectivity index (χ1) is 10.6. The third-order valence-electron chi connectivity index (χ3n) is 4.19. The number of hydrogen-bond acceptors (Lipinski definition) is 3. The zero-order chi connectivity index (χ0) is 15.5. The fourth-order valence-corrected chi connectivity index (χ4v) is 3.12. The highest BCUT2D eigenvalue weighted by atomic mass is 35.5. The lowest BCUT2D eigenvalue weighted by atomic mass is 9.89. The third kappa shape index (κ3) is 3.33. The molecule has 1 aromatic carbocycles. The Morgan fingerprint density at radius 2 is 2.00 bits per heavy atom. The molecule has 1 aliphatic rings. The van der Waals surface area contributed by atoms with Crippen LogP contribution in [0.25, 0.3) is 11.0 Å². The van der Waals surface area contributed by atoms with Crippen LogP contribution >= 0.6 is 11.6 Å². The minimum absolute atomic E-state index is 0.0376. The number of benzene rings is 1. The van der Waals surface area contributed by atoms with Crippen molar-refractivity contribution in [2.75, 3.05) is 6.54 Å². The molecule has 0 saturated heterocycles. The number of amides is 1. The van der Waals surface area contributed by atoms with Crippen molar-refractivity contribution >= 4 is 28.5 Å². The topological polar surface area (TPSA) is 59.3 Å². The van der Waals surface area contributed by atoms with Gasteiger partial charge in [-0.1, -0.05) is 30.9 Å². The molecule has 1 aromatic heterocycles. The molecule has 0 bridgehead atoms. The molecule has 1 saturated carbocycles. The molecule has 0 radical (unpaired) electrons. The second-order valence-electron chi connectivity index (χ2n) is 5.83. The molecule has 116 valence electrons. The number of hydrogen-bond donors (Lipinski definition) is 1. The highest BCUT2D eigenvalue weighted by Gasteiger charge is 2.17. The predicted molar refractivity (Wildman–Crippen MR) is 86.4 cm³/mol. The summed E-state index contributed by atoms with van der Waals surface area (Å²) in [5, 5.41) is 3.76. The summed E-state index contributed by atoms with van der Waals surface area (Å²) >= 11 is 5.90. The van der Waals surface area contributed by atoms with Gasteiger partial charge in [-0.2, -0.15) is 0 Å². The number of nitrogens with one attached hydrogen (secondary N) is 1. The molecule has 0 atom stereocenters. The zero-order valence-electron chi connectivity index (χ0n) is 12.2. The van der Waals surface area contributed by atoms with E-state index in [1.54, 1.807) is 18.2 Å². The van der Waals surface area contributed by atoms with Gasteiger partial charge in [-0.25, -0.2) is 0 Å². The molecular weight excluding hydrogens is 302 g/mol. The lowest BCUT2D eigenvalue weighted by Gasteiger charge is -2.21. The van der Waals surface area contributed by atoms with Gasteiger partial charge in [-0.05, 0) is 30.9 Å². The van der Waals surface area contributed by atoms with Gasteiger partial charge in [-0.3, -0.25) is 9.59 Å². The zero-order valence-corrected chi connectivity index (χ0v) is 13.0. The second kappa shape index (κ2) is 6.53. The molecule has 0 unspecified atom stereocenters. The lowest BCUT2D eigenvalue weighted by Crippen LogP contribution is -2.30. The van der Waals surface area contributed by atoms with E-state index < -0.39 is 0 Å². The third-order valence-corrected chi connectivity index (χ3v) is 4.43. The maximum atomic E-state index is 12.2. The van der Waals surface area contributed by atoms with Crippen LogP contribution in [0.5, 0.6) is 0 Å². The summed E-state index contributed by atoms with van der Waals surface area (Å²) in [6.45, 7) is 0.635. The summed E-state index contributed by atoms with van der Waals surface area (Å²) in [5.41, 5.74) is 0.101. The Kier molecular flexibility index (Phi) is 4.48. The number of carbonyl (C=O) groups excluding carboxylic acids is 1. The van der Waals surface area contributed by atoms with Crippen molar-refractivity contribution in [2.24, 2.45) is 5.92 Å². The summed E-state index contributed by atoms with van der Waals surface area (Å²) in [6.07, 6.45) is 6.04. The van der Waals surface area contributed by atoms with Gasteiger partial charge in [0, 0.05) is 23.7 Å². The van der Waals surface area contributed by atoms with Crippen LogP contribution in [0.1, 0.15) is 42.7 Å². The molecular formula is C17H18ClNO3. The van der Waals surface area contributed by atoms with Crippen molar-refractivity contribution in [1.82, 2.24) is 5.32 Å². The van der Waals surface area contributed by atoms with Gasteiger partial charge in [0.2, 0.25) is 0 Å². The van der Waals surface area contributed by atoms with Crippen LogP contribution in [-0.2, 0) is 0 Å². The van der Waals surface area contributed by atoms with Crippen molar-refractivity contribution in [3.8, 4) is 0 Å². The summed E-state index contributed by atoms with van der Waals surface area (Å²) in [5.74, 6) is 0.222. The molecule has 0 aliphatic heterocycles. The monoisotopic (exact) mass is 319 g/mol. The Bertz CT molecular complexity index is 747. The van der Waals surface area contributed by atoms with Crippen LogP contribution in [0.4, 0.5) is 0 Å². The molecule has 1 amide bonds. The number of carbonyl (C=O) groups is 1. The first-order valence-electron chi connectivity index (χ1n) is 7.65. The van der Waals surface area contributed by atoms with Crippen LogP contribution in [0, 0.1) is 5.92 Å². The fourth-order valence-electron chi connectivity index (χ4n) is 2.96. The van der Waals surface area contributed by atoms with Crippen LogP contribution in [0.3, 0.4) is 0 Å². The molecule has 1 aliphatic carbocycles. The maximum Gasteiger partial charge on any atom is 0.287 e. The fraction of sp³-hybridized carbons (Fsp3) is 0.412. The molecule has 1 heterocycles. The van der Waals surface area contributed by atoms with Crippen LogP contribution < -0.4 is 10.7 Å². The van der Waals surface area contributed by atoms with E-state index in [1.807, 2.05) is 0 Å². The quantitative estimate of drug-likeness (QED) is 0.937. The van der Waals surface area contributed by atoms with Gasteiger partial charge in [0.1, 0.15) is 5.58 Å². The van der Waals surface area contributed by atoms with Crippen LogP contribution in [-0.4, -0.2) is 12.5 Å². The number of rotatable bonds is 3. The van der Waals surface area contributed by atoms with E-state index in [0.717, 1.165) is 12.8 Å². The van der Waals surface area contributed by atoms with E-state index >= 15 is 0 Å². The van der Waals surface area contributed by atoms with Gasteiger partial charge >= 0.3 is 0 Å². The first-order valence-corrected chi connectivity index (χ1v) is 8.03. The molecule has 0 spiro atoms. The van der Waals surface area contributed by atoms with Crippen molar-refractivity contribution in [1.29, 1.82) is 0 Å². The first kappa shape index (κ1) is 15.1. The average Bonchev–Trinajstić information content (AvgIpc) is 2.53. The Morgan fingerprint density at radius 1 is 1.23 bits per heavy atom. The van der Waals surface area contributed by atoms with E-state index in [9.17, 15) is 9.59 Å². The SMILES string of the molecule is O=C(NCC1CCCCC1)c1cc(=O)c2ccc(Cl)cc2o1. The van der Waals surface area contributed by atoms with Gasteiger partial charge in [-0.15, -0.1) is 0 Å². The molecule has 5 heteroatoms. The number of halogens is 1.